The third-order valence-corrected chi connectivity index (χ3v) is 6.97. The van der Waals surface area contributed by atoms with Crippen LogP contribution in [0.1, 0.15) is 40.2 Å². The molecule has 38 heavy (non-hydrogen) atoms. The Bertz CT molecular complexity index is 1290. The van der Waals surface area contributed by atoms with E-state index in [0.717, 1.165) is 16.2 Å². The fourth-order valence-electron chi connectivity index (χ4n) is 4.24. The topological polar surface area (TPSA) is 204 Å². The first-order chi connectivity index (χ1) is 18.1. The largest absolute Gasteiger partial charge is 0.547 e. The Kier molecular flexibility index (Phi) is 7.82. The van der Waals surface area contributed by atoms with Gasteiger partial charge in [0.15, 0.2) is 5.13 Å². The van der Waals surface area contributed by atoms with Crippen LogP contribution in [0, 0.1) is 0 Å². The lowest BCUT2D eigenvalue weighted by molar-refractivity contribution is -0.153. The number of carboxylic acid groups (broad SMARTS) is 1. The number of piperazine rings is 1. The molecule has 2 aliphatic heterocycles. The quantitative estimate of drug-likeness (QED) is 0.221. The summed E-state index contributed by atoms with van der Waals surface area (Å²) in [4.78, 5) is 69.0. The Labute approximate surface area is 220 Å². The van der Waals surface area contributed by atoms with Crippen LogP contribution < -0.4 is 21.0 Å². The van der Waals surface area contributed by atoms with E-state index in [4.69, 9.17) is 10.4 Å². The molecule has 3 heterocycles. The monoisotopic (exact) mass is 544 g/mol. The smallest absolute Gasteiger partial charge is 0.534 e. The van der Waals surface area contributed by atoms with Gasteiger partial charge in [-0.1, -0.05) is 30.4 Å². The van der Waals surface area contributed by atoms with Crippen LogP contribution in [0.15, 0.2) is 24.4 Å². The molecule has 1 fully saturated rings. The van der Waals surface area contributed by atoms with E-state index in [1.807, 2.05) is 6.92 Å². The highest BCUT2D eigenvalue weighted by Gasteiger charge is 2.41. The maximum absolute atomic E-state index is 13.3. The van der Waals surface area contributed by atoms with Gasteiger partial charge in [-0.2, -0.15) is 0 Å². The molecule has 0 spiro atoms. The number of hydrogen-bond donors (Lipinski definition) is 5. The first-order valence-corrected chi connectivity index (χ1v) is 12.5. The predicted octanol–water partition coefficient (Wildman–Crippen LogP) is -0.605. The van der Waals surface area contributed by atoms with Crippen LogP contribution in [0.4, 0.5) is 9.93 Å². The molecule has 0 radical (unpaired) electrons. The fourth-order valence-corrected chi connectivity index (χ4v) is 4.97. The summed E-state index contributed by atoms with van der Waals surface area (Å²) < 4.78 is 5.41. The molecule has 0 aliphatic carbocycles. The van der Waals surface area contributed by atoms with E-state index in [2.05, 4.69) is 15.6 Å². The normalized spacial score (nSPS) is 17.9. The second-order valence-electron chi connectivity index (χ2n) is 8.66. The Morgan fingerprint density at radius 3 is 2.71 bits per heavy atom. The van der Waals surface area contributed by atoms with Crippen molar-refractivity contribution in [2.75, 3.05) is 25.4 Å². The van der Waals surface area contributed by atoms with Crippen LogP contribution in [0.2, 0.25) is 0 Å². The van der Waals surface area contributed by atoms with Crippen LogP contribution in [0.5, 0.6) is 5.75 Å². The number of rotatable bonds is 7. The number of aromatic nitrogens is 1. The summed E-state index contributed by atoms with van der Waals surface area (Å²) in [6, 6.07) is 2.14. The molecule has 2 aromatic rings. The van der Waals surface area contributed by atoms with Gasteiger partial charge in [0, 0.05) is 25.8 Å². The molecule has 1 aromatic carbocycles. The van der Waals surface area contributed by atoms with E-state index in [-0.39, 0.29) is 40.8 Å². The van der Waals surface area contributed by atoms with Crippen LogP contribution in [0.3, 0.4) is 0 Å². The highest BCUT2D eigenvalue weighted by atomic mass is 32.1. The predicted molar refractivity (Wildman–Crippen MR) is 134 cm³/mol. The number of amides is 5. The number of anilines is 1. The summed E-state index contributed by atoms with van der Waals surface area (Å²) in [5.74, 6) is -4.81. The molecule has 1 saturated heterocycles. The first-order valence-electron chi connectivity index (χ1n) is 11.7. The number of benzene rings is 1. The van der Waals surface area contributed by atoms with Crippen molar-refractivity contribution < 1.29 is 38.8 Å². The van der Waals surface area contributed by atoms with Gasteiger partial charge in [0.1, 0.15) is 11.8 Å². The molecule has 2 aliphatic rings. The number of nitrogen functional groups attached to an aromatic ring is 1. The van der Waals surface area contributed by atoms with E-state index >= 15 is 0 Å². The Morgan fingerprint density at radius 2 is 2.05 bits per heavy atom. The number of thiazole rings is 1. The number of hydrogen-bond acceptors (Lipinski definition) is 10. The summed E-state index contributed by atoms with van der Waals surface area (Å²) in [7, 11) is -1.58. The van der Waals surface area contributed by atoms with Crippen molar-refractivity contribution in [2.24, 2.45) is 0 Å². The number of carbonyl (C=O) groups is 5. The van der Waals surface area contributed by atoms with Crippen molar-refractivity contribution in [1.29, 1.82) is 0 Å². The minimum absolute atomic E-state index is 0.00322. The third-order valence-electron chi connectivity index (χ3n) is 6.08. The molecule has 0 bridgehead atoms. The lowest BCUT2D eigenvalue weighted by Gasteiger charge is -2.33. The van der Waals surface area contributed by atoms with E-state index < -0.39 is 48.8 Å². The number of carboxylic acids is 1. The van der Waals surface area contributed by atoms with Crippen molar-refractivity contribution in [3.05, 3.63) is 40.4 Å². The minimum atomic E-state index is -1.58. The number of aromatic carboxylic acids is 1. The standard InChI is InChI=1S/C22H25BN6O8S/c1-2-6-28-7-8-29(19(32)18(28)31)22(35)27-15(13-10-25-21(24)38-13)17(30)26-14-9-11-4-3-5-12(20(33)34)16(11)37-23(14)36/h3-5,10,14-15,36H,2,6-9H2,1H3,(H2,24,25)(H,26,30)(H,27,35)(H,33,34)/t14-,15?/m0/s1. The van der Waals surface area contributed by atoms with E-state index in [1.165, 1.54) is 23.2 Å². The van der Waals surface area contributed by atoms with Crippen molar-refractivity contribution in [1.82, 2.24) is 25.4 Å². The van der Waals surface area contributed by atoms with Crippen LogP contribution in [0.25, 0.3) is 0 Å². The molecule has 200 valence electrons. The number of carbonyl (C=O) groups excluding carboxylic acids is 4. The van der Waals surface area contributed by atoms with Gasteiger partial charge in [-0.05, 0) is 24.5 Å². The molecule has 1 aromatic heterocycles. The van der Waals surface area contributed by atoms with Crippen LogP contribution >= 0.6 is 11.3 Å². The lowest BCUT2D eigenvalue weighted by Crippen LogP contribution is -2.60. The average molecular weight is 544 g/mol. The zero-order chi connectivity index (χ0) is 27.6. The van der Waals surface area contributed by atoms with Gasteiger partial charge in [-0.15, -0.1) is 0 Å². The third kappa shape index (κ3) is 5.40. The second-order valence-corrected chi connectivity index (χ2v) is 9.75. The number of nitrogens with one attached hydrogen (secondary N) is 2. The summed E-state index contributed by atoms with van der Waals surface area (Å²) in [5, 5.41) is 25.1. The molecule has 14 nitrogen and oxygen atoms in total. The zero-order valence-corrected chi connectivity index (χ0v) is 21.1. The molecular formula is C22H25BN6O8S. The number of urea groups is 1. The molecule has 0 saturated carbocycles. The second kappa shape index (κ2) is 11.1. The summed E-state index contributed by atoms with van der Waals surface area (Å²) in [6.45, 7) is 2.36. The van der Waals surface area contributed by atoms with Gasteiger partial charge in [0.05, 0.1) is 16.4 Å². The molecule has 2 atom stereocenters. The van der Waals surface area contributed by atoms with Gasteiger partial charge < -0.3 is 36.1 Å². The van der Waals surface area contributed by atoms with E-state index in [1.54, 1.807) is 6.07 Å². The molecule has 5 amide bonds. The van der Waals surface area contributed by atoms with Crippen molar-refractivity contribution in [3.63, 3.8) is 0 Å². The van der Waals surface area contributed by atoms with Crippen LogP contribution in [-0.4, -0.2) is 87.3 Å². The maximum atomic E-state index is 13.3. The number of fused-ring (bicyclic) bond motifs is 1. The first kappa shape index (κ1) is 26.9. The lowest BCUT2D eigenvalue weighted by atomic mass is 9.72. The van der Waals surface area contributed by atoms with E-state index in [9.17, 15) is 34.1 Å². The van der Waals surface area contributed by atoms with Gasteiger partial charge in [-0.25, -0.2) is 14.6 Å². The summed E-state index contributed by atoms with van der Waals surface area (Å²) >= 11 is 0.931. The van der Waals surface area contributed by atoms with Gasteiger partial charge >= 0.3 is 30.9 Å². The molecule has 1 unspecified atom stereocenters. The summed E-state index contributed by atoms with van der Waals surface area (Å²) in [6.07, 6.45) is 1.99. The van der Waals surface area contributed by atoms with Crippen molar-refractivity contribution in [3.8, 4) is 5.75 Å². The number of nitrogens with zero attached hydrogens (tertiary/aromatic N) is 3. The minimum Gasteiger partial charge on any atom is -0.534 e. The fraction of sp³-hybridized carbons (Fsp3) is 0.364. The zero-order valence-electron chi connectivity index (χ0n) is 20.2. The van der Waals surface area contributed by atoms with E-state index in [0.29, 0.717) is 18.5 Å². The number of imide groups is 1. The Morgan fingerprint density at radius 1 is 1.29 bits per heavy atom. The highest BCUT2D eigenvalue weighted by Crippen LogP contribution is 2.31. The molecular weight excluding hydrogens is 519 g/mol. The number of nitrogens with two attached hydrogens (primary N) is 1. The molecule has 4 rings (SSSR count). The van der Waals surface area contributed by atoms with Crippen LogP contribution in [-0.2, 0) is 20.8 Å². The highest BCUT2D eigenvalue weighted by molar-refractivity contribution is 7.15. The SMILES string of the molecule is CCCN1CCN(C(=O)NC(C(=O)N[C@H]2Cc3cccc(C(=O)O)c3OB2O)c2cnc(N)s2)C(=O)C1=O. The van der Waals surface area contributed by atoms with Gasteiger partial charge in [0.25, 0.3) is 0 Å². The van der Waals surface area contributed by atoms with Crippen molar-refractivity contribution >= 4 is 53.3 Å². The van der Waals surface area contributed by atoms with Crippen molar-refractivity contribution in [2.45, 2.75) is 31.7 Å². The Hall–Kier alpha value is -4.18. The average Bonchev–Trinajstić information content (AvgIpc) is 3.31. The summed E-state index contributed by atoms with van der Waals surface area (Å²) in [5.41, 5.74) is 6.04. The van der Waals surface area contributed by atoms with Gasteiger partial charge in [0.2, 0.25) is 5.91 Å². The maximum Gasteiger partial charge on any atom is 0.547 e. The molecule has 16 heteroatoms. The Balaban J connectivity index is 1.51. The number of para-hydroxylation sites is 1. The molecule has 6 N–H and O–H groups in total. The van der Waals surface area contributed by atoms with Gasteiger partial charge in [-0.3, -0.25) is 19.3 Å².